The minimum atomic E-state index is 0. The topological polar surface area (TPSA) is 28.7 Å². The molecule has 11 heavy (non-hydrogen) atoms. The number of nitrogens with zero attached hydrogens (tertiary/aromatic N) is 1. The fourth-order valence-electron chi connectivity index (χ4n) is 0.671. The number of aromatic amines is 1. The van der Waals surface area contributed by atoms with E-state index in [4.69, 9.17) is 0 Å². The molecule has 0 fully saturated rings. The van der Waals surface area contributed by atoms with Gasteiger partial charge in [0.15, 0.2) is 0 Å². The van der Waals surface area contributed by atoms with Crippen molar-refractivity contribution >= 4 is 0 Å². The van der Waals surface area contributed by atoms with Crippen molar-refractivity contribution in [3.63, 3.8) is 0 Å². The molecular weight excluding hydrogens is 136 g/mol. The van der Waals surface area contributed by atoms with Gasteiger partial charge in [0.05, 0.1) is 0 Å². The molecule has 0 aliphatic heterocycles. The van der Waals surface area contributed by atoms with Crippen LogP contribution in [0.4, 0.5) is 0 Å². The molecule has 0 saturated heterocycles. The van der Waals surface area contributed by atoms with Crippen molar-refractivity contribution in [1.29, 1.82) is 0 Å². The van der Waals surface area contributed by atoms with Gasteiger partial charge in [-0.05, 0) is 13.3 Å². The quantitative estimate of drug-likeness (QED) is 0.652. The zero-order chi connectivity index (χ0) is 8.53. The number of rotatable bonds is 2. The van der Waals surface area contributed by atoms with Crippen LogP contribution in [0, 0.1) is 0 Å². The van der Waals surface area contributed by atoms with Gasteiger partial charge < -0.3 is 4.98 Å². The van der Waals surface area contributed by atoms with Gasteiger partial charge in [0, 0.05) is 20.2 Å². The van der Waals surface area contributed by atoms with E-state index in [1.54, 1.807) is 12.3 Å². The molecule has 1 aromatic rings. The standard InChI is InChI=1S/C6H10N2.C3H6.H2/c1-2-3-6-7-4-5-8-6;1-3-2;/h4-5H,2-3H2,1H3,(H,7,8);3H,1H2,2H3;1H. The van der Waals surface area contributed by atoms with Gasteiger partial charge in [0.1, 0.15) is 5.82 Å². The van der Waals surface area contributed by atoms with Crippen LogP contribution in [0.5, 0.6) is 0 Å². The maximum absolute atomic E-state index is 4.05. The summed E-state index contributed by atoms with van der Waals surface area (Å²) in [7, 11) is 0. The summed E-state index contributed by atoms with van der Waals surface area (Å²) < 4.78 is 0. The van der Waals surface area contributed by atoms with Gasteiger partial charge in [-0.25, -0.2) is 4.98 Å². The summed E-state index contributed by atoms with van der Waals surface area (Å²) in [6.07, 6.45) is 7.61. The largest absolute Gasteiger partial charge is 0.349 e. The molecule has 0 unspecified atom stereocenters. The van der Waals surface area contributed by atoms with Crippen LogP contribution in [0.15, 0.2) is 25.0 Å². The van der Waals surface area contributed by atoms with E-state index >= 15 is 0 Å². The highest BCUT2D eigenvalue weighted by Gasteiger charge is 1.87. The van der Waals surface area contributed by atoms with E-state index < -0.39 is 0 Å². The first-order valence-electron chi connectivity index (χ1n) is 3.90. The van der Waals surface area contributed by atoms with E-state index in [1.165, 1.54) is 0 Å². The molecule has 1 rings (SSSR count). The number of aromatic nitrogens is 2. The summed E-state index contributed by atoms with van der Waals surface area (Å²) in [6, 6.07) is 0. The summed E-state index contributed by atoms with van der Waals surface area (Å²) in [5.74, 6) is 1.09. The first kappa shape index (κ1) is 9.95. The Hall–Kier alpha value is -1.05. The molecule has 0 aliphatic rings. The highest BCUT2D eigenvalue weighted by atomic mass is 14.9. The van der Waals surface area contributed by atoms with Gasteiger partial charge >= 0.3 is 0 Å². The number of nitrogens with one attached hydrogen (secondary N) is 1. The van der Waals surface area contributed by atoms with E-state index in [1.807, 2.05) is 13.1 Å². The molecule has 1 heterocycles. The second kappa shape index (κ2) is 7.06. The molecule has 0 bridgehead atoms. The number of aryl methyl sites for hydroxylation is 1. The maximum atomic E-state index is 4.05. The maximum Gasteiger partial charge on any atom is 0.105 e. The van der Waals surface area contributed by atoms with Crippen molar-refractivity contribution in [3.8, 4) is 0 Å². The minimum Gasteiger partial charge on any atom is -0.349 e. The smallest absolute Gasteiger partial charge is 0.105 e. The van der Waals surface area contributed by atoms with Crippen LogP contribution in [0.1, 0.15) is 27.5 Å². The second-order valence-electron chi connectivity index (χ2n) is 2.19. The van der Waals surface area contributed by atoms with Gasteiger partial charge in [-0.15, -0.1) is 6.58 Å². The molecule has 0 spiro atoms. The number of H-pyrrole nitrogens is 1. The Morgan fingerprint density at radius 2 is 2.45 bits per heavy atom. The lowest BCUT2D eigenvalue weighted by Gasteiger charge is -1.85. The van der Waals surface area contributed by atoms with Gasteiger partial charge in [-0.2, -0.15) is 0 Å². The predicted molar refractivity (Wildman–Crippen MR) is 50.6 cm³/mol. The lowest BCUT2D eigenvalue weighted by atomic mass is 10.3. The average Bonchev–Trinajstić information content (AvgIpc) is 2.42. The van der Waals surface area contributed by atoms with Crippen molar-refractivity contribution in [2.45, 2.75) is 26.7 Å². The molecule has 0 amide bonds. The van der Waals surface area contributed by atoms with Gasteiger partial charge in [-0.1, -0.05) is 13.0 Å². The van der Waals surface area contributed by atoms with Crippen LogP contribution in [-0.4, -0.2) is 9.97 Å². The molecular formula is C9H18N2. The SMILES string of the molecule is C=CC.CCCc1ncc[nH]1.[HH]. The molecule has 1 aromatic heterocycles. The Morgan fingerprint density at radius 3 is 2.82 bits per heavy atom. The molecule has 2 heteroatoms. The molecule has 0 aliphatic carbocycles. The van der Waals surface area contributed by atoms with Crippen molar-refractivity contribution < 1.29 is 1.43 Å². The van der Waals surface area contributed by atoms with Crippen LogP contribution < -0.4 is 0 Å². The summed E-state index contributed by atoms with van der Waals surface area (Å²) in [4.78, 5) is 7.08. The van der Waals surface area contributed by atoms with E-state index in [9.17, 15) is 0 Å². The highest BCUT2D eigenvalue weighted by Crippen LogP contribution is 1.91. The number of hydrogen-bond donors (Lipinski definition) is 1. The molecule has 2 nitrogen and oxygen atoms in total. The van der Waals surface area contributed by atoms with E-state index in [0.717, 1.165) is 18.7 Å². The molecule has 64 valence electrons. The third-order valence-corrected chi connectivity index (χ3v) is 1.04. The van der Waals surface area contributed by atoms with E-state index in [2.05, 4.69) is 23.5 Å². The molecule has 0 radical (unpaired) electrons. The fraction of sp³-hybridized carbons (Fsp3) is 0.444. The summed E-state index contributed by atoms with van der Waals surface area (Å²) >= 11 is 0. The van der Waals surface area contributed by atoms with Crippen LogP contribution in [0.2, 0.25) is 0 Å². The fourth-order valence-corrected chi connectivity index (χ4v) is 0.671. The Morgan fingerprint density at radius 1 is 1.82 bits per heavy atom. The first-order chi connectivity index (χ1) is 5.35. The van der Waals surface area contributed by atoms with E-state index in [-0.39, 0.29) is 1.43 Å². The lowest BCUT2D eigenvalue weighted by molar-refractivity contribution is 0.856. The third-order valence-electron chi connectivity index (χ3n) is 1.04. The predicted octanol–water partition coefficient (Wildman–Crippen LogP) is 2.80. The molecule has 0 aromatic carbocycles. The van der Waals surface area contributed by atoms with Crippen LogP contribution in [0.3, 0.4) is 0 Å². The molecule has 1 N–H and O–H groups in total. The average molecular weight is 154 g/mol. The Balaban J connectivity index is 0. The zero-order valence-electron chi connectivity index (χ0n) is 7.30. The Labute approximate surface area is 69.9 Å². The normalized spacial score (nSPS) is 8.18. The first-order valence-corrected chi connectivity index (χ1v) is 3.90. The van der Waals surface area contributed by atoms with Gasteiger partial charge in [0.25, 0.3) is 0 Å². The third kappa shape index (κ3) is 5.40. The second-order valence-corrected chi connectivity index (χ2v) is 2.19. The van der Waals surface area contributed by atoms with E-state index in [0.29, 0.717) is 0 Å². The van der Waals surface area contributed by atoms with Crippen LogP contribution in [0.25, 0.3) is 0 Å². The lowest BCUT2D eigenvalue weighted by Crippen LogP contribution is -1.83. The van der Waals surface area contributed by atoms with Gasteiger partial charge in [-0.3, -0.25) is 0 Å². The highest BCUT2D eigenvalue weighted by molar-refractivity contribution is 4.85. The Kier molecular flexibility index (Phi) is 6.39. The van der Waals surface area contributed by atoms with Gasteiger partial charge in [0.2, 0.25) is 0 Å². The monoisotopic (exact) mass is 154 g/mol. The Bertz CT molecular complexity index is 171. The number of allylic oxidation sites excluding steroid dienone is 1. The molecule has 0 saturated carbocycles. The van der Waals surface area contributed by atoms with Crippen molar-refractivity contribution in [3.05, 3.63) is 30.9 Å². The summed E-state index contributed by atoms with van der Waals surface area (Å²) in [5, 5.41) is 0. The van der Waals surface area contributed by atoms with Crippen molar-refractivity contribution in [2.75, 3.05) is 0 Å². The molecule has 0 atom stereocenters. The van der Waals surface area contributed by atoms with Crippen molar-refractivity contribution in [2.24, 2.45) is 0 Å². The summed E-state index contributed by atoms with van der Waals surface area (Å²) in [5.41, 5.74) is 0. The minimum absolute atomic E-state index is 0. The zero-order valence-corrected chi connectivity index (χ0v) is 7.30. The summed E-state index contributed by atoms with van der Waals surface area (Å²) in [6.45, 7) is 7.39. The van der Waals surface area contributed by atoms with Crippen molar-refractivity contribution in [1.82, 2.24) is 9.97 Å². The van der Waals surface area contributed by atoms with Crippen LogP contribution in [-0.2, 0) is 6.42 Å². The number of imidazole rings is 1. The van der Waals surface area contributed by atoms with Crippen LogP contribution >= 0.6 is 0 Å². The number of hydrogen-bond acceptors (Lipinski definition) is 1.